The number of carbonyl (C=O) groups excluding carboxylic acids is 2. The Balaban J connectivity index is 0.000000635. The molecule has 2 amide bonds. The summed E-state index contributed by atoms with van der Waals surface area (Å²) in [7, 11) is 0. The van der Waals surface area contributed by atoms with Crippen LogP contribution in [0.5, 0.6) is 5.75 Å². The van der Waals surface area contributed by atoms with Gasteiger partial charge >= 0.3 is 11.9 Å². The lowest BCUT2D eigenvalue weighted by atomic mass is 9.98. The molecule has 1 unspecified atom stereocenters. The summed E-state index contributed by atoms with van der Waals surface area (Å²) in [6, 6.07) is 24.6. The second-order valence-electron chi connectivity index (χ2n) is 11.3. The minimum Gasteiger partial charge on any atom is -0.492 e. The number of ether oxygens (including phenoxy) is 1. The first-order valence-corrected chi connectivity index (χ1v) is 16.2. The molecule has 4 N–H and O–H groups in total. The van der Waals surface area contributed by atoms with Crippen LogP contribution < -0.4 is 15.4 Å². The lowest BCUT2D eigenvalue weighted by Gasteiger charge is -2.22. The minimum atomic E-state index is -1.82. The highest BCUT2D eigenvalue weighted by Gasteiger charge is 2.24. The molecule has 1 aromatic heterocycles. The molecule has 0 aliphatic carbocycles. The molecule has 2 aliphatic rings. The maximum atomic E-state index is 12.7. The van der Waals surface area contributed by atoms with Crippen molar-refractivity contribution in [3.63, 3.8) is 0 Å². The highest BCUT2D eigenvalue weighted by atomic mass is 32.1. The Morgan fingerprint density at radius 2 is 1.61 bits per heavy atom. The van der Waals surface area contributed by atoms with Crippen LogP contribution in [0.3, 0.4) is 0 Å². The van der Waals surface area contributed by atoms with Gasteiger partial charge < -0.3 is 25.6 Å². The first-order valence-electron chi connectivity index (χ1n) is 15.4. The van der Waals surface area contributed by atoms with Crippen molar-refractivity contribution in [2.75, 3.05) is 31.6 Å². The molecule has 1 atom stereocenters. The molecule has 0 spiro atoms. The van der Waals surface area contributed by atoms with E-state index >= 15 is 0 Å². The lowest BCUT2D eigenvalue weighted by Crippen LogP contribution is -2.46. The third-order valence-electron chi connectivity index (χ3n) is 8.02. The van der Waals surface area contributed by atoms with E-state index in [0.717, 1.165) is 43.0 Å². The molecular weight excluding hydrogens is 606 g/mol. The number of hydrogen-bond acceptors (Lipinski definition) is 7. The maximum Gasteiger partial charge on any atom is 0.414 e. The first kappa shape index (κ1) is 32.6. The van der Waals surface area contributed by atoms with Crippen LogP contribution in [0, 0.1) is 0 Å². The third kappa shape index (κ3) is 8.70. The summed E-state index contributed by atoms with van der Waals surface area (Å²) in [6.07, 6.45) is 5.34. The van der Waals surface area contributed by atoms with Crippen LogP contribution in [0.2, 0.25) is 0 Å². The molecule has 4 aromatic rings. The topological polar surface area (TPSA) is 145 Å². The van der Waals surface area contributed by atoms with Crippen LogP contribution in [-0.2, 0) is 25.6 Å². The molecule has 10 nitrogen and oxygen atoms in total. The molecule has 0 bridgehead atoms. The number of fused-ring (bicyclic) bond motifs is 1. The Labute approximate surface area is 271 Å². The van der Waals surface area contributed by atoms with E-state index in [0.29, 0.717) is 12.8 Å². The number of aliphatic carboxylic acids is 2. The quantitative estimate of drug-likeness (QED) is 0.178. The number of nitrogens with zero attached hydrogens (tertiary/aromatic N) is 1. The standard InChI is InChI=1S/C33H35N3O3S.C2H2O4/c37-31-9-5-7-29(35-31)33(38)34-25-14-12-24(13-15-25)32-28(27-6-1-2-8-30(27)40-32)22-23-10-16-26(17-11-23)39-21-20-36-18-3-4-19-36;3-1(4)2(5)6/h1-2,6,8,10-17,29H,3-5,7,9,18-22H2,(H,34,38)(H,35,37);(H,3,4)(H,5,6). The van der Waals surface area contributed by atoms with Crippen molar-refractivity contribution in [2.24, 2.45) is 0 Å². The second-order valence-corrected chi connectivity index (χ2v) is 12.4. The van der Waals surface area contributed by atoms with Crippen LogP contribution in [0.15, 0.2) is 72.8 Å². The van der Waals surface area contributed by atoms with Crippen LogP contribution in [0.25, 0.3) is 20.5 Å². The minimum absolute atomic E-state index is 0.0567. The molecule has 0 saturated carbocycles. The van der Waals surface area contributed by atoms with Crippen molar-refractivity contribution >= 4 is 50.9 Å². The van der Waals surface area contributed by atoms with Crippen LogP contribution in [-0.4, -0.2) is 71.1 Å². The Hall–Kier alpha value is -4.74. The zero-order valence-electron chi connectivity index (χ0n) is 25.4. The predicted octanol–water partition coefficient (Wildman–Crippen LogP) is 5.40. The molecular formula is C35H37N3O7S. The number of amides is 2. The van der Waals surface area contributed by atoms with Gasteiger partial charge in [0.1, 0.15) is 18.4 Å². The molecule has 2 saturated heterocycles. The molecule has 3 heterocycles. The molecule has 3 aromatic carbocycles. The van der Waals surface area contributed by atoms with E-state index in [1.165, 1.54) is 52.0 Å². The summed E-state index contributed by atoms with van der Waals surface area (Å²) >= 11 is 1.80. The number of likely N-dealkylation sites (tertiary alicyclic amines) is 1. The van der Waals surface area contributed by atoms with E-state index in [4.69, 9.17) is 24.5 Å². The van der Waals surface area contributed by atoms with Crippen molar-refractivity contribution in [1.82, 2.24) is 10.2 Å². The highest BCUT2D eigenvalue weighted by Crippen LogP contribution is 2.40. The van der Waals surface area contributed by atoms with Crippen LogP contribution in [0.4, 0.5) is 5.69 Å². The van der Waals surface area contributed by atoms with Gasteiger partial charge in [-0.25, -0.2) is 9.59 Å². The monoisotopic (exact) mass is 643 g/mol. The summed E-state index contributed by atoms with van der Waals surface area (Å²) in [6.45, 7) is 4.10. The maximum absolute atomic E-state index is 12.7. The van der Waals surface area contributed by atoms with Gasteiger partial charge in [-0.2, -0.15) is 0 Å². The number of benzene rings is 3. The molecule has 2 aliphatic heterocycles. The number of nitrogens with one attached hydrogen (secondary N) is 2. The molecule has 2 fully saturated rings. The number of anilines is 1. The molecule has 0 radical (unpaired) electrons. The molecule has 46 heavy (non-hydrogen) atoms. The molecule has 11 heteroatoms. The zero-order valence-corrected chi connectivity index (χ0v) is 26.2. The number of hydrogen-bond donors (Lipinski definition) is 4. The van der Waals surface area contributed by atoms with E-state index in [-0.39, 0.29) is 11.8 Å². The van der Waals surface area contributed by atoms with E-state index in [9.17, 15) is 9.59 Å². The third-order valence-corrected chi connectivity index (χ3v) is 9.29. The Morgan fingerprint density at radius 1 is 0.913 bits per heavy atom. The van der Waals surface area contributed by atoms with Gasteiger partial charge in [0.05, 0.1) is 0 Å². The van der Waals surface area contributed by atoms with Gasteiger partial charge in [0.25, 0.3) is 0 Å². The normalized spacial score (nSPS) is 16.3. The fourth-order valence-electron chi connectivity index (χ4n) is 5.65. The smallest absolute Gasteiger partial charge is 0.414 e. The van der Waals surface area contributed by atoms with Crippen molar-refractivity contribution in [3.8, 4) is 16.2 Å². The highest BCUT2D eigenvalue weighted by molar-refractivity contribution is 7.22. The van der Waals surface area contributed by atoms with Gasteiger partial charge in [-0.1, -0.05) is 42.5 Å². The van der Waals surface area contributed by atoms with E-state index in [1.54, 1.807) is 11.3 Å². The number of rotatable bonds is 9. The SMILES string of the molecule is O=C(O)C(=O)O.O=C1CCCC(C(=O)Nc2ccc(-c3sc4ccccc4c3Cc3ccc(OCCN4CCCC4)cc3)cc2)N1. The Kier molecular flexibility index (Phi) is 11.0. The summed E-state index contributed by atoms with van der Waals surface area (Å²) in [5.41, 5.74) is 4.42. The largest absolute Gasteiger partial charge is 0.492 e. The molecule has 240 valence electrons. The van der Waals surface area contributed by atoms with E-state index in [1.807, 2.05) is 12.1 Å². The predicted molar refractivity (Wildman–Crippen MR) is 177 cm³/mol. The molecule has 6 rings (SSSR count). The Bertz CT molecular complexity index is 1670. The van der Waals surface area contributed by atoms with Gasteiger partial charge in [-0.15, -0.1) is 11.3 Å². The number of carbonyl (C=O) groups is 4. The second kappa shape index (κ2) is 15.5. The van der Waals surface area contributed by atoms with Gasteiger partial charge in [-0.05, 0) is 97.6 Å². The first-order chi connectivity index (χ1) is 22.3. The van der Waals surface area contributed by atoms with Gasteiger partial charge in [0.2, 0.25) is 11.8 Å². The average Bonchev–Trinajstić information content (AvgIpc) is 3.71. The summed E-state index contributed by atoms with van der Waals surface area (Å²) < 4.78 is 7.28. The van der Waals surface area contributed by atoms with Gasteiger partial charge in [-0.3, -0.25) is 14.5 Å². The summed E-state index contributed by atoms with van der Waals surface area (Å²) in [5.74, 6) is -2.95. The fourth-order valence-corrected chi connectivity index (χ4v) is 6.88. The average molecular weight is 644 g/mol. The van der Waals surface area contributed by atoms with E-state index in [2.05, 4.69) is 76.2 Å². The van der Waals surface area contributed by atoms with Crippen molar-refractivity contribution in [2.45, 2.75) is 44.6 Å². The number of carboxylic acids is 2. The van der Waals surface area contributed by atoms with E-state index < -0.39 is 18.0 Å². The van der Waals surface area contributed by atoms with Crippen LogP contribution >= 0.6 is 11.3 Å². The fraction of sp³-hybridized carbons (Fsp3) is 0.314. The lowest BCUT2D eigenvalue weighted by molar-refractivity contribution is -0.159. The van der Waals surface area contributed by atoms with Gasteiger partial charge in [0.15, 0.2) is 0 Å². The van der Waals surface area contributed by atoms with Crippen molar-refractivity contribution in [3.05, 3.63) is 83.9 Å². The van der Waals surface area contributed by atoms with Crippen molar-refractivity contribution < 1.29 is 34.1 Å². The number of piperidine rings is 1. The van der Waals surface area contributed by atoms with Crippen molar-refractivity contribution in [1.29, 1.82) is 0 Å². The Morgan fingerprint density at radius 3 is 2.28 bits per heavy atom. The summed E-state index contributed by atoms with van der Waals surface area (Å²) in [5, 5.41) is 21.8. The number of thiophene rings is 1. The van der Waals surface area contributed by atoms with Crippen LogP contribution in [0.1, 0.15) is 43.2 Å². The van der Waals surface area contributed by atoms with Gasteiger partial charge in [0, 0.05) is 28.2 Å². The zero-order chi connectivity index (χ0) is 32.5. The number of carboxylic acid groups (broad SMARTS) is 2. The summed E-state index contributed by atoms with van der Waals surface area (Å²) in [4.78, 5) is 46.2.